The van der Waals surface area contributed by atoms with Crippen LogP contribution in [-0.2, 0) is 6.42 Å². The van der Waals surface area contributed by atoms with Crippen molar-refractivity contribution in [1.82, 2.24) is 10.3 Å². The fraction of sp³-hybridized carbons (Fsp3) is 0.517. The third-order valence-corrected chi connectivity index (χ3v) is 6.71. The van der Waals surface area contributed by atoms with Crippen LogP contribution >= 0.6 is 0 Å². The van der Waals surface area contributed by atoms with E-state index in [2.05, 4.69) is 88.0 Å². The van der Waals surface area contributed by atoms with Crippen LogP contribution in [0.2, 0.25) is 0 Å². The van der Waals surface area contributed by atoms with Gasteiger partial charge in [-0.05, 0) is 86.3 Å². The number of H-pyrrole nitrogens is 1. The van der Waals surface area contributed by atoms with Crippen LogP contribution in [0.4, 0.5) is 0 Å². The molecular weight excluding hydrogens is 376 g/mol. The molecule has 0 saturated carbocycles. The quantitative estimate of drug-likeness (QED) is 0.316. The Kier molecular flexibility index (Phi) is 10.7. The van der Waals surface area contributed by atoms with Crippen molar-refractivity contribution < 1.29 is 0 Å². The van der Waals surface area contributed by atoms with Crippen molar-refractivity contribution in [3.05, 3.63) is 77.3 Å². The van der Waals surface area contributed by atoms with Crippen LogP contribution in [0.25, 0.3) is 5.57 Å². The lowest BCUT2D eigenvalue weighted by Gasteiger charge is -2.19. The Balaban J connectivity index is 2.13. The number of aromatic amines is 1. The van der Waals surface area contributed by atoms with Gasteiger partial charge in [0.25, 0.3) is 0 Å². The van der Waals surface area contributed by atoms with Crippen LogP contribution in [0, 0.1) is 0 Å². The van der Waals surface area contributed by atoms with E-state index in [1.807, 2.05) is 0 Å². The highest BCUT2D eigenvalue weighted by Crippen LogP contribution is 2.32. The van der Waals surface area contributed by atoms with Crippen molar-refractivity contribution in [2.45, 2.75) is 91.4 Å². The molecule has 0 spiro atoms. The molecule has 2 heteroatoms. The molecule has 170 valence electrons. The van der Waals surface area contributed by atoms with E-state index in [-0.39, 0.29) is 0 Å². The van der Waals surface area contributed by atoms with Crippen molar-refractivity contribution in [3.8, 4) is 0 Å². The molecule has 1 aromatic heterocycles. The Morgan fingerprint density at radius 2 is 1.97 bits per heavy atom. The van der Waals surface area contributed by atoms with Gasteiger partial charge in [-0.25, -0.2) is 0 Å². The van der Waals surface area contributed by atoms with Crippen LogP contribution in [0.3, 0.4) is 0 Å². The predicted octanol–water partition coefficient (Wildman–Crippen LogP) is 8.35. The summed E-state index contributed by atoms with van der Waals surface area (Å²) in [6.07, 6.45) is 12.3. The maximum Gasteiger partial charge on any atom is 0.0401 e. The first-order valence-corrected chi connectivity index (χ1v) is 12.3. The SMILES string of the molecule is C=CNC/C(=C(\C)CCCC(CC)c1cccc(CCC)c1)c1cc[nH]c1C(C)CC. The fourth-order valence-electron chi connectivity index (χ4n) is 4.57. The topological polar surface area (TPSA) is 27.8 Å². The number of allylic oxidation sites excluding steroid dienone is 1. The van der Waals surface area contributed by atoms with Crippen molar-refractivity contribution in [1.29, 1.82) is 0 Å². The number of hydrogen-bond acceptors (Lipinski definition) is 1. The van der Waals surface area contributed by atoms with E-state index >= 15 is 0 Å². The maximum atomic E-state index is 3.86. The highest BCUT2D eigenvalue weighted by atomic mass is 14.8. The predicted molar refractivity (Wildman–Crippen MR) is 138 cm³/mol. The summed E-state index contributed by atoms with van der Waals surface area (Å²) in [5.41, 5.74) is 8.66. The lowest BCUT2D eigenvalue weighted by Crippen LogP contribution is -2.11. The van der Waals surface area contributed by atoms with Crippen LogP contribution in [-0.4, -0.2) is 11.5 Å². The summed E-state index contributed by atoms with van der Waals surface area (Å²) in [5, 5.41) is 3.35. The lowest BCUT2D eigenvalue weighted by atomic mass is 9.88. The van der Waals surface area contributed by atoms with Gasteiger partial charge in [0.1, 0.15) is 0 Å². The third kappa shape index (κ3) is 7.16. The Hall–Kier alpha value is -2.22. The molecule has 1 heterocycles. The van der Waals surface area contributed by atoms with Crippen LogP contribution in [0.15, 0.2) is 54.9 Å². The van der Waals surface area contributed by atoms with Gasteiger partial charge in [0.2, 0.25) is 0 Å². The minimum absolute atomic E-state index is 0.538. The molecular formula is C29H44N2. The van der Waals surface area contributed by atoms with Crippen molar-refractivity contribution in [3.63, 3.8) is 0 Å². The van der Waals surface area contributed by atoms with Gasteiger partial charge in [-0.15, -0.1) is 0 Å². The van der Waals surface area contributed by atoms with Gasteiger partial charge in [-0.1, -0.05) is 70.5 Å². The molecule has 2 aromatic rings. The van der Waals surface area contributed by atoms with E-state index in [0.29, 0.717) is 11.8 Å². The second-order valence-electron chi connectivity index (χ2n) is 8.95. The van der Waals surface area contributed by atoms with Gasteiger partial charge >= 0.3 is 0 Å². The molecule has 0 fully saturated rings. The summed E-state index contributed by atoms with van der Waals surface area (Å²) in [4.78, 5) is 3.50. The van der Waals surface area contributed by atoms with Gasteiger partial charge in [-0.2, -0.15) is 0 Å². The number of hydrogen-bond donors (Lipinski definition) is 2. The molecule has 2 rings (SSSR count). The van der Waals surface area contributed by atoms with Gasteiger partial charge in [0.05, 0.1) is 0 Å². The first-order valence-electron chi connectivity index (χ1n) is 12.3. The Bertz CT molecular complexity index is 827. The summed E-state index contributed by atoms with van der Waals surface area (Å²) in [7, 11) is 0. The van der Waals surface area contributed by atoms with Gasteiger partial charge in [0.15, 0.2) is 0 Å². The first kappa shape index (κ1) is 25.0. The summed E-state index contributed by atoms with van der Waals surface area (Å²) in [6.45, 7) is 16.2. The van der Waals surface area contributed by atoms with E-state index < -0.39 is 0 Å². The minimum atomic E-state index is 0.538. The Morgan fingerprint density at radius 3 is 2.65 bits per heavy atom. The van der Waals surface area contributed by atoms with Crippen molar-refractivity contribution in [2.24, 2.45) is 0 Å². The van der Waals surface area contributed by atoms with Crippen molar-refractivity contribution in [2.75, 3.05) is 6.54 Å². The number of benzene rings is 1. The molecule has 1 aromatic carbocycles. The summed E-state index contributed by atoms with van der Waals surface area (Å²) in [6, 6.07) is 11.5. The Morgan fingerprint density at radius 1 is 1.16 bits per heavy atom. The van der Waals surface area contributed by atoms with Gasteiger partial charge < -0.3 is 10.3 Å². The van der Waals surface area contributed by atoms with E-state index in [1.165, 1.54) is 65.6 Å². The number of nitrogens with one attached hydrogen (secondary N) is 2. The normalized spacial score (nSPS) is 14.1. The van der Waals surface area contributed by atoms with Crippen LogP contribution in [0.1, 0.15) is 107 Å². The van der Waals surface area contributed by atoms with Crippen LogP contribution < -0.4 is 5.32 Å². The largest absolute Gasteiger partial charge is 0.387 e. The van der Waals surface area contributed by atoms with Gasteiger partial charge in [-0.3, -0.25) is 0 Å². The molecule has 0 bridgehead atoms. The van der Waals surface area contributed by atoms with Crippen molar-refractivity contribution >= 4 is 5.57 Å². The summed E-state index contributed by atoms with van der Waals surface area (Å²) < 4.78 is 0. The third-order valence-electron chi connectivity index (χ3n) is 6.71. The Labute approximate surface area is 191 Å². The average molecular weight is 421 g/mol. The van der Waals surface area contributed by atoms with E-state index in [1.54, 1.807) is 6.20 Å². The molecule has 2 atom stereocenters. The molecule has 2 N–H and O–H groups in total. The zero-order valence-electron chi connectivity index (χ0n) is 20.6. The molecule has 2 nitrogen and oxygen atoms in total. The van der Waals surface area contributed by atoms with Crippen LogP contribution in [0.5, 0.6) is 0 Å². The van der Waals surface area contributed by atoms with Gasteiger partial charge in [0, 0.05) is 24.0 Å². The highest BCUT2D eigenvalue weighted by molar-refractivity contribution is 5.72. The smallest absolute Gasteiger partial charge is 0.0401 e. The van der Waals surface area contributed by atoms with E-state index in [0.717, 1.165) is 19.4 Å². The number of rotatable bonds is 14. The molecule has 0 radical (unpaired) electrons. The second kappa shape index (κ2) is 13.2. The molecule has 0 saturated heterocycles. The molecule has 0 aliphatic rings. The number of aromatic nitrogens is 1. The molecule has 0 amide bonds. The second-order valence-corrected chi connectivity index (χ2v) is 8.95. The highest BCUT2D eigenvalue weighted by Gasteiger charge is 2.16. The molecule has 31 heavy (non-hydrogen) atoms. The monoisotopic (exact) mass is 420 g/mol. The standard InChI is InChI=1S/C29H44N2/c1-7-13-24-15-12-17-26(20-24)25(9-3)16-11-14-23(6)28(21-30-10-4)27-18-19-31-29(27)22(5)8-2/h10,12,15,17-20,22,25,30-31H,4,7-9,11,13-14,16,21H2,1-3,5-6H3/b28-23-. The fourth-order valence-corrected chi connectivity index (χ4v) is 4.57. The maximum absolute atomic E-state index is 3.86. The average Bonchev–Trinajstić information content (AvgIpc) is 3.26. The number of aryl methyl sites for hydroxylation is 1. The molecule has 2 unspecified atom stereocenters. The first-order chi connectivity index (χ1) is 15.0. The molecule has 0 aliphatic heterocycles. The minimum Gasteiger partial charge on any atom is -0.387 e. The molecule has 0 aliphatic carbocycles. The summed E-state index contributed by atoms with van der Waals surface area (Å²) in [5.74, 6) is 1.19. The zero-order valence-corrected chi connectivity index (χ0v) is 20.6. The van der Waals surface area contributed by atoms with E-state index in [4.69, 9.17) is 0 Å². The zero-order chi connectivity index (χ0) is 22.6. The summed E-state index contributed by atoms with van der Waals surface area (Å²) >= 11 is 0. The van der Waals surface area contributed by atoms with E-state index in [9.17, 15) is 0 Å². The lowest BCUT2D eigenvalue weighted by molar-refractivity contribution is 0.574.